The molecule has 0 spiro atoms. The number of rotatable bonds is 6. The summed E-state index contributed by atoms with van der Waals surface area (Å²) < 4.78 is 12.5. The third-order valence-corrected chi connectivity index (χ3v) is 9.76. The van der Waals surface area contributed by atoms with E-state index in [2.05, 4.69) is 32.9 Å². The molecule has 0 bridgehead atoms. The summed E-state index contributed by atoms with van der Waals surface area (Å²) in [5.41, 5.74) is 0.0459. The lowest BCUT2D eigenvalue weighted by Gasteiger charge is -2.37. The molecule has 2 nitrogen and oxygen atoms in total. The Balaban J connectivity index is 2.16. The highest BCUT2D eigenvalue weighted by molar-refractivity contribution is 6.73. The first kappa shape index (κ1) is 13.3. The van der Waals surface area contributed by atoms with E-state index in [0.29, 0.717) is 0 Å². The van der Waals surface area contributed by atoms with Crippen LogP contribution < -0.4 is 0 Å². The summed E-state index contributed by atoms with van der Waals surface area (Å²) >= 11 is 0. The van der Waals surface area contributed by atoms with Gasteiger partial charge in [-0.1, -0.05) is 32.9 Å². The Bertz CT molecular complexity index is 303. The molecule has 0 aromatic rings. The molecule has 1 saturated carbocycles. The first-order valence-electron chi connectivity index (χ1n) is 7.02. The van der Waals surface area contributed by atoms with Crippen molar-refractivity contribution in [3.8, 4) is 0 Å². The quantitative estimate of drug-likeness (QED) is 0.529. The zero-order valence-corrected chi connectivity index (χ0v) is 12.7. The first-order valence-corrected chi connectivity index (χ1v) is 9.55. The van der Waals surface area contributed by atoms with Gasteiger partial charge in [0.15, 0.2) is 8.32 Å². The Hall–Kier alpha value is -0.123. The Morgan fingerprint density at radius 3 is 2.00 bits per heavy atom. The van der Waals surface area contributed by atoms with Gasteiger partial charge in [0.25, 0.3) is 0 Å². The highest BCUT2D eigenvalue weighted by Gasteiger charge is 2.70. The zero-order chi connectivity index (χ0) is 12.6. The van der Waals surface area contributed by atoms with Crippen LogP contribution in [0.2, 0.25) is 18.1 Å². The smallest absolute Gasteiger partial charge is 0.192 e. The number of hydrogen-bond acceptors (Lipinski definition) is 2. The summed E-state index contributed by atoms with van der Waals surface area (Å²) in [7, 11) is 0.332. The van der Waals surface area contributed by atoms with E-state index in [9.17, 15) is 0 Å². The Morgan fingerprint density at radius 1 is 1.00 bits per heavy atom. The minimum atomic E-state index is -1.51. The van der Waals surface area contributed by atoms with Gasteiger partial charge in [-0.15, -0.1) is 0 Å². The predicted octanol–water partition coefficient (Wildman–Crippen LogP) is 3.89. The maximum Gasteiger partial charge on any atom is 0.192 e. The highest BCUT2D eigenvalue weighted by atomic mass is 28.4. The molecule has 3 heteroatoms. The molecule has 0 aliphatic heterocycles. The minimum absolute atomic E-state index is 0.0134. The summed E-state index contributed by atoms with van der Waals surface area (Å²) in [6, 6.07) is 3.68. The van der Waals surface area contributed by atoms with Crippen LogP contribution in [0.5, 0.6) is 0 Å². The Labute approximate surface area is 107 Å². The molecule has 1 fully saturated rings. The van der Waals surface area contributed by atoms with Gasteiger partial charge in [-0.3, -0.25) is 0 Å². The molecule has 98 valence electrons. The molecule has 0 aromatic heterocycles. The topological polar surface area (TPSA) is 18.5 Å². The summed E-state index contributed by atoms with van der Waals surface area (Å²) in [4.78, 5) is 0. The van der Waals surface area contributed by atoms with Crippen LogP contribution in [-0.2, 0) is 9.16 Å². The normalized spacial score (nSPS) is 35.8. The van der Waals surface area contributed by atoms with Crippen molar-refractivity contribution in [3.63, 3.8) is 0 Å². The third-order valence-electron chi connectivity index (χ3n) is 5.07. The van der Waals surface area contributed by atoms with Gasteiger partial charge in [-0.25, -0.2) is 0 Å². The second-order valence-electron chi connectivity index (χ2n) is 5.59. The van der Waals surface area contributed by atoms with Crippen LogP contribution in [0.3, 0.4) is 0 Å². The third kappa shape index (κ3) is 1.92. The second kappa shape index (κ2) is 4.52. The average molecular weight is 254 g/mol. The average Bonchev–Trinajstić information content (AvgIpc) is 3.05. The van der Waals surface area contributed by atoms with Gasteiger partial charge in [-0.05, 0) is 31.0 Å². The van der Waals surface area contributed by atoms with Crippen LogP contribution in [0.15, 0.2) is 12.2 Å². The molecular formula is C14H26O2Si. The molecule has 17 heavy (non-hydrogen) atoms. The van der Waals surface area contributed by atoms with Crippen LogP contribution in [0.1, 0.15) is 40.0 Å². The fourth-order valence-electron chi connectivity index (χ4n) is 3.37. The SMILES string of the molecule is CC[Si](CC)(CC)OC12CC=CCC1(OC)C2. The van der Waals surface area contributed by atoms with E-state index in [4.69, 9.17) is 9.16 Å². The molecule has 0 N–H and O–H groups in total. The number of ether oxygens (including phenoxy) is 1. The summed E-state index contributed by atoms with van der Waals surface area (Å²) in [6.45, 7) is 6.89. The first-order chi connectivity index (χ1) is 8.11. The van der Waals surface area contributed by atoms with Gasteiger partial charge in [0.1, 0.15) is 5.60 Å². The largest absolute Gasteiger partial charge is 0.408 e. The van der Waals surface area contributed by atoms with Crippen molar-refractivity contribution >= 4 is 8.32 Å². The summed E-state index contributed by atoms with van der Waals surface area (Å²) in [5.74, 6) is 0. The van der Waals surface area contributed by atoms with E-state index in [1.807, 2.05) is 7.11 Å². The second-order valence-corrected chi connectivity index (χ2v) is 10.3. The summed E-state index contributed by atoms with van der Waals surface area (Å²) in [5, 5.41) is 0. The number of hydrogen-bond donors (Lipinski definition) is 0. The lowest BCUT2D eigenvalue weighted by molar-refractivity contribution is -0.00523. The van der Waals surface area contributed by atoms with E-state index >= 15 is 0 Å². The van der Waals surface area contributed by atoms with Gasteiger partial charge in [-0.2, -0.15) is 0 Å². The van der Waals surface area contributed by atoms with E-state index < -0.39 is 8.32 Å². The van der Waals surface area contributed by atoms with Crippen molar-refractivity contribution in [2.75, 3.05) is 7.11 Å². The van der Waals surface area contributed by atoms with Crippen molar-refractivity contribution in [2.45, 2.75) is 69.4 Å². The van der Waals surface area contributed by atoms with E-state index in [0.717, 1.165) is 19.3 Å². The van der Waals surface area contributed by atoms with Crippen molar-refractivity contribution in [2.24, 2.45) is 0 Å². The van der Waals surface area contributed by atoms with Gasteiger partial charge >= 0.3 is 0 Å². The molecule has 0 heterocycles. The molecule has 0 radical (unpaired) electrons. The number of methoxy groups -OCH3 is 1. The molecule has 2 aliphatic carbocycles. The maximum atomic E-state index is 6.75. The summed E-state index contributed by atoms with van der Waals surface area (Å²) in [6.07, 6.45) is 7.72. The van der Waals surface area contributed by atoms with Crippen LogP contribution in [0.4, 0.5) is 0 Å². The van der Waals surface area contributed by atoms with Crippen LogP contribution >= 0.6 is 0 Å². The van der Waals surface area contributed by atoms with Crippen molar-refractivity contribution in [3.05, 3.63) is 12.2 Å². The van der Waals surface area contributed by atoms with E-state index in [-0.39, 0.29) is 11.2 Å². The zero-order valence-electron chi connectivity index (χ0n) is 11.7. The van der Waals surface area contributed by atoms with Gasteiger partial charge in [0, 0.05) is 13.5 Å². The van der Waals surface area contributed by atoms with Gasteiger partial charge in [0.2, 0.25) is 0 Å². The monoisotopic (exact) mass is 254 g/mol. The molecule has 2 rings (SSSR count). The lowest BCUT2D eigenvalue weighted by atomic mass is 10.0. The molecule has 2 aliphatic rings. The van der Waals surface area contributed by atoms with Crippen LogP contribution in [0.25, 0.3) is 0 Å². The van der Waals surface area contributed by atoms with Crippen molar-refractivity contribution < 1.29 is 9.16 Å². The van der Waals surface area contributed by atoms with Gasteiger partial charge in [0.05, 0.1) is 5.60 Å². The molecule has 0 amide bonds. The molecule has 2 atom stereocenters. The number of fused-ring (bicyclic) bond motifs is 1. The maximum absolute atomic E-state index is 6.75. The lowest BCUT2D eigenvalue weighted by Crippen LogP contribution is -2.45. The minimum Gasteiger partial charge on any atom is -0.408 e. The van der Waals surface area contributed by atoms with Crippen LogP contribution in [0, 0.1) is 0 Å². The molecule has 0 aromatic carbocycles. The predicted molar refractivity (Wildman–Crippen MR) is 73.7 cm³/mol. The fraction of sp³-hybridized carbons (Fsp3) is 0.857. The van der Waals surface area contributed by atoms with Gasteiger partial charge < -0.3 is 9.16 Å². The molecular weight excluding hydrogens is 228 g/mol. The van der Waals surface area contributed by atoms with Crippen LogP contribution in [-0.4, -0.2) is 26.6 Å². The molecule has 2 unspecified atom stereocenters. The standard InChI is InChI=1S/C14H26O2Si/c1-5-17(6-2,7-3)16-14-11-9-8-10-13(14,12-14)15-4/h8-9H,5-7,10-12H2,1-4H3. The fourth-order valence-corrected chi connectivity index (χ4v) is 6.48. The van der Waals surface area contributed by atoms with Crippen molar-refractivity contribution in [1.82, 2.24) is 0 Å². The Morgan fingerprint density at radius 2 is 1.53 bits per heavy atom. The van der Waals surface area contributed by atoms with E-state index in [1.165, 1.54) is 18.1 Å². The molecule has 0 saturated heterocycles. The van der Waals surface area contributed by atoms with E-state index in [1.54, 1.807) is 0 Å². The highest BCUT2D eigenvalue weighted by Crippen LogP contribution is 2.61. The van der Waals surface area contributed by atoms with Crippen molar-refractivity contribution in [1.29, 1.82) is 0 Å². The Kier molecular flexibility index (Phi) is 3.54.